The summed E-state index contributed by atoms with van der Waals surface area (Å²) in [5, 5.41) is 3.19. The van der Waals surface area contributed by atoms with Crippen molar-refractivity contribution in [3.63, 3.8) is 0 Å². The lowest BCUT2D eigenvalue weighted by atomic mass is 9.99. The summed E-state index contributed by atoms with van der Waals surface area (Å²) in [5.74, 6) is -0.129. The van der Waals surface area contributed by atoms with Gasteiger partial charge >= 0.3 is 0 Å². The molecule has 1 N–H and O–H groups in total. The molecule has 0 aliphatic heterocycles. The Hall–Kier alpha value is -1.67. The van der Waals surface area contributed by atoms with E-state index in [0.29, 0.717) is 6.54 Å². The molecular formula is C18H20FN. The molecule has 2 aromatic carbocycles. The maximum absolute atomic E-state index is 13.8. The van der Waals surface area contributed by atoms with Gasteiger partial charge in [0, 0.05) is 12.1 Å². The summed E-state index contributed by atoms with van der Waals surface area (Å²) < 4.78 is 13.8. The molecule has 0 aromatic heterocycles. The fraction of sp³-hybridized carbons (Fsp3) is 0.333. The van der Waals surface area contributed by atoms with Gasteiger partial charge in [0.1, 0.15) is 5.82 Å². The number of hydrogen-bond donors (Lipinski definition) is 1. The van der Waals surface area contributed by atoms with Gasteiger partial charge in [0.05, 0.1) is 0 Å². The van der Waals surface area contributed by atoms with Crippen molar-refractivity contribution in [3.8, 4) is 11.1 Å². The summed E-state index contributed by atoms with van der Waals surface area (Å²) in [4.78, 5) is 0. The van der Waals surface area contributed by atoms with Gasteiger partial charge in [-0.25, -0.2) is 4.39 Å². The second-order valence-electron chi connectivity index (χ2n) is 5.42. The summed E-state index contributed by atoms with van der Waals surface area (Å²) >= 11 is 0. The molecule has 20 heavy (non-hydrogen) atoms. The third-order valence-corrected chi connectivity index (χ3v) is 4.04. The lowest BCUT2D eigenvalue weighted by Crippen LogP contribution is -2.12. The SMILES string of the molecule is CCNCc1cc(-c2ccc3c(c2)CCC3)ccc1F. The minimum absolute atomic E-state index is 0.129. The molecule has 104 valence electrons. The van der Waals surface area contributed by atoms with E-state index in [1.807, 2.05) is 19.1 Å². The molecule has 0 saturated heterocycles. The molecule has 3 rings (SSSR count). The van der Waals surface area contributed by atoms with Crippen molar-refractivity contribution in [1.29, 1.82) is 0 Å². The van der Waals surface area contributed by atoms with Crippen LogP contribution in [0.1, 0.15) is 30.0 Å². The van der Waals surface area contributed by atoms with E-state index >= 15 is 0 Å². The highest BCUT2D eigenvalue weighted by Crippen LogP contribution is 2.29. The van der Waals surface area contributed by atoms with Crippen LogP contribution in [0.4, 0.5) is 4.39 Å². The van der Waals surface area contributed by atoms with Crippen molar-refractivity contribution in [2.75, 3.05) is 6.54 Å². The molecule has 0 amide bonds. The number of fused-ring (bicyclic) bond motifs is 1. The molecule has 2 heteroatoms. The average molecular weight is 269 g/mol. The second-order valence-corrected chi connectivity index (χ2v) is 5.42. The number of rotatable bonds is 4. The topological polar surface area (TPSA) is 12.0 Å². The van der Waals surface area contributed by atoms with Crippen LogP contribution >= 0.6 is 0 Å². The van der Waals surface area contributed by atoms with Gasteiger partial charge in [-0.2, -0.15) is 0 Å². The van der Waals surface area contributed by atoms with Gasteiger partial charge < -0.3 is 5.32 Å². The largest absolute Gasteiger partial charge is 0.313 e. The maximum Gasteiger partial charge on any atom is 0.127 e. The molecular weight excluding hydrogens is 249 g/mol. The van der Waals surface area contributed by atoms with Crippen LogP contribution < -0.4 is 5.32 Å². The van der Waals surface area contributed by atoms with E-state index in [-0.39, 0.29) is 5.82 Å². The number of aryl methyl sites for hydroxylation is 2. The molecule has 0 saturated carbocycles. The molecule has 0 radical (unpaired) electrons. The van der Waals surface area contributed by atoms with E-state index in [4.69, 9.17) is 0 Å². The van der Waals surface area contributed by atoms with Crippen molar-refractivity contribution in [1.82, 2.24) is 5.32 Å². The summed E-state index contributed by atoms with van der Waals surface area (Å²) in [6.45, 7) is 3.46. The van der Waals surface area contributed by atoms with Gasteiger partial charge in [0.2, 0.25) is 0 Å². The lowest BCUT2D eigenvalue weighted by Gasteiger charge is -2.09. The van der Waals surface area contributed by atoms with Crippen molar-refractivity contribution >= 4 is 0 Å². The summed E-state index contributed by atoms with van der Waals surface area (Å²) in [6, 6.07) is 12.1. The van der Waals surface area contributed by atoms with Crippen molar-refractivity contribution in [2.24, 2.45) is 0 Å². The quantitative estimate of drug-likeness (QED) is 0.881. The van der Waals surface area contributed by atoms with E-state index in [0.717, 1.165) is 17.7 Å². The Labute approximate surface area is 119 Å². The highest BCUT2D eigenvalue weighted by atomic mass is 19.1. The molecule has 0 atom stereocenters. The van der Waals surface area contributed by atoms with Crippen LogP contribution in [0.2, 0.25) is 0 Å². The molecule has 0 fully saturated rings. The zero-order valence-electron chi connectivity index (χ0n) is 11.9. The summed E-state index contributed by atoms with van der Waals surface area (Å²) in [6.07, 6.45) is 3.63. The molecule has 1 nitrogen and oxygen atoms in total. The first-order valence-corrected chi connectivity index (χ1v) is 7.39. The van der Waals surface area contributed by atoms with Crippen LogP contribution in [0.15, 0.2) is 36.4 Å². The molecule has 0 spiro atoms. The molecule has 1 aliphatic rings. The first-order chi connectivity index (χ1) is 9.78. The Morgan fingerprint density at radius 2 is 1.75 bits per heavy atom. The fourth-order valence-corrected chi connectivity index (χ4v) is 2.90. The van der Waals surface area contributed by atoms with E-state index in [2.05, 4.69) is 23.5 Å². The van der Waals surface area contributed by atoms with Gasteiger partial charge in [-0.15, -0.1) is 0 Å². The Morgan fingerprint density at radius 1 is 1.00 bits per heavy atom. The maximum atomic E-state index is 13.8. The molecule has 1 aliphatic carbocycles. The zero-order chi connectivity index (χ0) is 13.9. The highest BCUT2D eigenvalue weighted by Gasteiger charge is 2.12. The predicted molar refractivity (Wildman–Crippen MR) is 81.2 cm³/mol. The van der Waals surface area contributed by atoms with Crippen LogP contribution in [0.5, 0.6) is 0 Å². The zero-order valence-corrected chi connectivity index (χ0v) is 11.9. The van der Waals surface area contributed by atoms with Gasteiger partial charge in [0.15, 0.2) is 0 Å². The lowest BCUT2D eigenvalue weighted by molar-refractivity contribution is 0.593. The molecule has 0 unspecified atom stereocenters. The first kappa shape index (κ1) is 13.3. The monoisotopic (exact) mass is 269 g/mol. The van der Waals surface area contributed by atoms with E-state index in [1.165, 1.54) is 36.0 Å². The van der Waals surface area contributed by atoms with Crippen LogP contribution in [-0.2, 0) is 19.4 Å². The Morgan fingerprint density at radius 3 is 2.60 bits per heavy atom. The van der Waals surface area contributed by atoms with Gasteiger partial charge in [0.25, 0.3) is 0 Å². The predicted octanol–water partition coefficient (Wildman–Crippen LogP) is 4.09. The van der Waals surface area contributed by atoms with Gasteiger partial charge in [-0.05, 0) is 60.2 Å². The Bertz CT molecular complexity index is 619. The van der Waals surface area contributed by atoms with Crippen LogP contribution in [0, 0.1) is 5.82 Å². The average Bonchev–Trinajstić information content (AvgIpc) is 2.94. The first-order valence-electron chi connectivity index (χ1n) is 7.39. The van der Waals surface area contributed by atoms with Crippen molar-refractivity contribution < 1.29 is 4.39 Å². The van der Waals surface area contributed by atoms with Crippen molar-refractivity contribution in [2.45, 2.75) is 32.7 Å². The molecule has 0 bridgehead atoms. The molecule has 0 heterocycles. The summed E-state index contributed by atoms with van der Waals surface area (Å²) in [7, 11) is 0. The van der Waals surface area contributed by atoms with Crippen LogP contribution in [0.25, 0.3) is 11.1 Å². The fourth-order valence-electron chi connectivity index (χ4n) is 2.90. The second kappa shape index (κ2) is 5.76. The minimum Gasteiger partial charge on any atom is -0.313 e. The number of halogens is 1. The van der Waals surface area contributed by atoms with E-state index in [1.54, 1.807) is 6.07 Å². The number of nitrogens with one attached hydrogen (secondary N) is 1. The Balaban J connectivity index is 1.93. The number of hydrogen-bond acceptors (Lipinski definition) is 1. The normalized spacial score (nSPS) is 13.5. The standard InChI is InChI=1S/C18H20FN/c1-2-20-12-17-11-16(8-9-18(17)19)15-7-6-13-4-3-5-14(13)10-15/h6-11,20H,2-5,12H2,1H3. The Kier molecular flexibility index (Phi) is 3.83. The number of benzene rings is 2. The minimum atomic E-state index is -0.129. The highest BCUT2D eigenvalue weighted by molar-refractivity contribution is 5.66. The van der Waals surface area contributed by atoms with Crippen LogP contribution in [-0.4, -0.2) is 6.54 Å². The van der Waals surface area contributed by atoms with Crippen molar-refractivity contribution in [3.05, 3.63) is 58.9 Å². The van der Waals surface area contributed by atoms with Crippen LogP contribution in [0.3, 0.4) is 0 Å². The third-order valence-electron chi connectivity index (χ3n) is 4.04. The smallest absolute Gasteiger partial charge is 0.127 e. The van der Waals surface area contributed by atoms with E-state index in [9.17, 15) is 4.39 Å². The van der Waals surface area contributed by atoms with Gasteiger partial charge in [-0.3, -0.25) is 0 Å². The third kappa shape index (κ3) is 2.61. The van der Waals surface area contributed by atoms with E-state index < -0.39 is 0 Å². The molecule has 2 aromatic rings. The summed E-state index contributed by atoms with van der Waals surface area (Å²) in [5.41, 5.74) is 5.98. The van der Waals surface area contributed by atoms with Gasteiger partial charge in [-0.1, -0.05) is 31.2 Å².